The van der Waals surface area contributed by atoms with E-state index in [1.807, 2.05) is 54.4 Å². The Labute approximate surface area is 227 Å². The Morgan fingerprint density at radius 2 is 1.55 bits per heavy atom. The van der Waals surface area contributed by atoms with E-state index in [4.69, 9.17) is 0 Å². The highest BCUT2D eigenvalue weighted by Gasteiger charge is 2.39. The Kier molecular flexibility index (Phi) is 8.90. The maximum Gasteiger partial charge on any atom is 0.253 e. The summed E-state index contributed by atoms with van der Waals surface area (Å²) >= 11 is 0. The van der Waals surface area contributed by atoms with Crippen molar-refractivity contribution >= 4 is 5.91 Å². The van der Waals surface area contributed by atoms with Crippen LogP contribution in [0.5, 0.6) is 0 Å². The van der Waals surface area contributed by atoms with Gasteiger partial charge in [0.1, 0.15) is 5.82 Å². The van der Waals surface area contributed by atoms with Crippen molar-refractivity contribution in [3.8, 4) is 0 Å². The van der Waals surface area contributed by atoms with Crippen LogP contribution in [0, 0.1) is 17.7 Å². The Bertz CT molecular complexity index is 1140. The molecule has 0 radical (unpaired) electrons. The number of halogens is 1. The molecule has 3 atom stereocenters. The minimum atomic E-state index is -0.154. The fourth-order valence-electron chi connectivity index (χ4n) is 6.71. The van der Waals surface area contributed by atoms with Gasteiger partial charge < -0.3 is 9.80 Å². The number of rotatable bonds is 9. The number of hydrogen-bond acceptors (Lipinski definition) is 2. The number of carbonyl (C=O) groups excluding carboxylic acids is 1. The third kappa shape index (κ3) is 6.71. The molecule has 0 N–H and O–H groups in total. The van der Waals surface area contributed by atoms with Crippen LogP contribution in [0.2, 0.25) is 0 Å². The number of piperidine rings is 1. The van der Waals surface area contributed by atoms with Crippen LogP contribution in [0.1, 0.15) is 65.9 Å². The van der Waals surface area contributed by atoms with Gasteiger partial charge in [0.2, 0.25) is 0 Å². The lowest BCUT2D eigenvalue weighted by molar-refractivity contribution is 0.0728. The Hall–Kier alpha value is -2.98. The van der Waals surface area contributed by atoms with Crippen LogP contribution >= 0.6 is 0 Å². The molecule has 1 heterocycles. The van der Waals surface area contributed by atoms with Gasteiger partial charge in [-0.1, -0.05) is 67.1 Å². The first-order valence-corrected chi connectivity index (χ1v) is 14.4. The molecule has 1 aliphatic carbocycles. The fourth-order valence-corrected chi connectivity index (χ4v) is 6.71. The van der Waals surface area contributed by atoms with Gasteiger partial charge in [0.05, 0.1) is 0 Å². The van der Waals surface area contributed by atoms with E-state index in [0.29, 0.717) is 11.8 Å². The van der Waals surface area contributed by atoms with Gasteiger partial charge in [0, 0.05) is 25.2 Å². The van der Waals surface area contributed by atoms with Crippen LogP contribution in [0.4, 0.5) is 4.39 Å². The molecular formula is C34H41FN2O. The Balaban J connectivity index is 1.15. The fraction of sp³-hybridized carbons (Fsp3) is 0.441. The third-order valence-corrected chi connectivity index (χ3v) is 8.98. The van der Waals surface area contributed by atoms with E-state index in [0.717, 1.165) is 37.3 Å². The summed E-state index contributed by atoms with van der Waals surface area (Å²) in [6.07, 6.45) is 8.10. The second-order valence-corrected chi connectivity index (χ2v) is 11.4. The summed E-state index contributed by atoms with van der Waals surface area (Å²) < 4.78 is 13.1. The molecule has 1 amide bonds. The van der Waals surface area contributed by atoms with Crippen molar-refractivity contribution in [2.45, 2.75) is 56.9 Å². The van der Waals surface area contributed by atoms with Gasteiger partial charge in [-0.2, -0.15) is 0 Å². The maximum absolute atomic E-state index is 13.2. The number of nitrogens with zero attached hydrogens (tertiary/aromatic N) is 2. The van der Waals surface area contributed by atoms with Gasteiger partial charge in [-0.3, -0.25) is 4.79 Å². The SMILES string of the molecule is CN(C(=O)c1ccccc1)[C@@H]1C[C@H](CN2CCC(CCCc3ccc(F)cc3)CC2)[C@@H](c2ccccc2)C1. The smallest absolute Gasteiger partial charge is 0.253 e. The molecule has 1 aliphatic heterocycles. The summed E-state index contributed by atoms with van der Waals surface area (Å²) in [5.74, 6) is 1.81. The summed E-state index contributed by atoms with van der Waals surface area (Å²) in [5, 5.41) is 0. The van der Waals surface area contributed by atoms with Gasteiger partial charge in [-0.25, -0.2) is 4.39 Å². The second-order valence-electron chi connectivity index (χ2n) is 11.4. The van der Waals surface area contributed by atoms with Crippen LogP contribution in [-0.2, 0) is 6.42 Å². The standard InChI is InChI=1S/C34H41FN2O/c1-36(34(38)29-13-6-3-7-14-29)32-23-30(33(24-32)28-11-4-2-5-12-28)25-37-21-19-27(20-22-37)10-8-9-26-15-17-31(35)18-16-26/h2-7,11-18,27,30,32-33H,8-10,19-25H2,1H3/t30-,32-,33-/m1/s1. The molecule has 0 spiro atoms. The average Bonchev–Trinajstić information content (AvgIpc) is 3.39. The van der Waals surface area contributed by atoms with E-state index in [1.54, 1.807) is 12.1 Å². The number of aryl methyl sites for hydroxylation is 1. The predicted molar refractivity (Wildman–Crippen MR) is 153 cm³/mol. The van der Waals surface area contributed by atoms with Crippen molar-refractivity contribution in [2.24, 2.45) is 11.8 Å². The molecule has 0 unspecified atom stereocenters. The van der Waals surface area contributed by atoms with Crippen LogP contribution in [-0.4, -0.2) is 48.4 Å². The zero-order chi connectivity index (χ0) is 26.3. The quantitative estimate of drug-likeness (QED) is 0.303. The first-order chi connectivity index (χ1) is 18.6. The monoisotopic (exact) mass is 512 g/mol. The summed E-state index contributed by atoms with van der Waals surface area (Å²) in [7, 11) is 1.99. The molecule has 5 rings (SSSR count). The number of carbonyl (C=O) groups is 1. The molecule has 200 valence electrons. The van der Waals surface area contributed by atoms with E-state index < -0.39 is 0 Å². The van der Waals surface area contributed by atoms with Crippen LogP contribution in [0.15, 0.2) is 84.9 Å². The van der Waals surface area contributed by atoms with Crippen molar-refractivity contribution in [2.75, 3.05) is 26.7 Å². The van der Waals surface area contributed by atoms with Crippen LogP contribution < -0.4 is 0 Å². The van der Waals surface area contributed by atoms with E-state index >= 15 is 0 Å². The van der Waals surface area contributed by atoms with Crippen LogP contribution in [0.3, 0.4) is 0 Å². The normalized spacial score (nSPS) is 22.4. The summed E-state index contributed by atoms with van der Waals surface area (Å²) in [4.78, 5) is 17.9. The summed E-state index contributed by atoms with van der Waals surface area (Å²) in [5.41, 5.74) is 3.43. The first-order valence-electron chi connectivity index (χ1n) is 14.4. The van der Waals surface area contributed by atoms with Gasteiger partial charge in [0.15, 0.2) is 0 Å². The van der Waals surface area contributed by atoms with Gasteiger partial charge in [0.25, 0.3) is 5.91 Å². The molecular weight excluding hydrogens is 471 g/mol. The minimum absolute atomic E-state index is 0.129. The molecule has 1 saturated heterocycles. The van der Waals surface area contributed by atoms with Crippen molar-refractivity contribution in [3.05, 3.63) is 107 Å². The largest absolute Gasteiger partial charge is 0.339 e. The van der Waals surface area contributed by atoms with E-state index in [2.05, 4.69) is 35.2 Å². The van der Waals surface area contributed by atoms with E-state index in [9.17, 15) is 9.18 Å². The maximum atomic E-state index is 13.2. The van der Waals surface area contributed by atoms with Crippen molar-refractivity contribution in [1.29, 1.82) is 0 Å². The van der Waals surface area contributed by atoms with Gasteiger partial charge >= 0.3 is 0 Å². The molecule has 38 heavy (non-hydrogen) atoms. The molecule has 1 saturated carbocycles. The first kappa shape index (κ1) is 26.6. The minimum Gasteiger partial charge on any atom is -0.339 e. The average molecular weight is 513 g/mol. The lowest BCUT2D eigenvalue weighted by Crippen LogP contribution is -2.38. The molecule has 4 heteroatoms. The Morgan fingerprint density at radius 1 is 0.895 bits per heavy atom. The lowest BCUT2D eigenvalue weighted by Gasteiger charge is -2.35. The molecule has 3 nitrogen and oxygen atoms in total. The molecule has 0 bridgehead atoms. The topological polar surface area (TPSA) is 23.6 Å². The molecule has 3 aromatic rings. The molecule has 2 fully saturated rings. The van der Waals surface area contributed by atoms with Gasteiger partial charge in [-0.15, -0.1) is 0 Å². The van der Waals surface area contributed by atoms with Crippen molar-refractivity contribution in [1.82, 2.24) is 9.80 Å². The molecule has 3 aromatic carbocycles. The zero-order valence-electron chi connectivity index (χ0n) is 22.6. The zero-order valence-corrected chi connectivity index (χ0v) is 22.6. The summed E-state index contributed by atoms with van der Waals surface area (Å²) in [6, 6.07) is 27.9. The lowest BCUT2D eigenvalue weighted by atomic mass is 9.87. The molecule has 2 aliphatic rings. The van der Waals surface area contributed by atoms with Crippen molar-refractivity contribution < 1.29 is 9.18 Å². The van der Waals surface area contributed by atoms with Crippen LogP contribution in [0.25, 0.3) is 0 Å². The molecule has 0 aromatic heterocycles. The van der Waals surface area contributed by atoms with E-state index in [1.165, 1.54) is 49.9 Å². The highest BCUT2D eigenvalue weighted by Crippen LogP contribution is 2.42. The number of amides is 1. The number of benzene rings is 3. The van der Waals surface area contributed by atoms with Gasteiger partial charge in [-0.05, 0) is 105 Å². The number of likely N-dealkylation sites (tertiary alicyclic amines) is 1. The number of hydrogen-bond donors (Lipinski definition) is 0. The highest BCUT2D eigenvalue weighted by molar-refractivity contribution is 5.94. The second kappa shape index (κ2) is 12.7. The summed E-state index contributed by atoms with van der Waals surface area (Å²) in [6.45, 7) is 3.46. The Morgan fingerprint density at radius 3 is 2.24 bits per heavy atom. The highest BCUT2D eigenvalue weighted by atomic mass is 19.1. The third-order valence-electron chi connectivity index (χ3n) is 8.98. The predicted octanol–water partition coefficient (Wildman–Crippen LogP) is 7.20. The van der Waals surface area contributed by atoms with E-state index in [-0.39, 0.29) is 17.8 Å². The van der Waals surface area contributed by atoms with Crippen molar-refractivity contribution in [3.63, 3.8) is 0 Å².